The Hall–Kier alpha value is -2.48. The van der Waals surface area contributed by atoms with E-state index in [2.05, 4.69) is 6.92 Å². The summed E-state index contributed by atoms with van der Waals surface area (Å²) in [5.41, 5.74) is -1.81. The summed E-state index contributed by atoms with van der Waals surface area (Å²) in [6.45, 7) is 7.12. The van der Waals surface area contributed by atoms with E-state index in [1.807, 2.05) is 19.9 Å². The van der Waals surface area contributed by atoms with Gasteiger partial charge in [0.1, 0.15) is 0 Å². The van der Waals surface area contributed by atoms with Crippen molar-refractivity contribution in [1.82, 2.24) is 0 Å². The highest BCUT2D eigenvalue weighted by Crippen LogP contribution is 2.67. The van der Waals surface area contributed by atoms with Crippen molar-refractivity contribution < 1.29 is 38.5 Å². The zero-order valence-corrected chi connectivity index (χ0v) is 21.7. The smallest absolute Gasteiger partial charge is 0.457 e. The van der Waals surface area contributed by atoms with Crippen LogP contribution < -0.4 is 0 Å². The van der Waals surface area contributed by atoms with Crippen LogP contribution in [0.1, 0.15) is 72.6 Å². The molecule has 1 N–H and O–H groups in total. The summed E-state index contributed by atoms with van der Waals surface area (Å²) >= 11 is 0. The molecule has 0 aromatic heterocycles. The first-order valence-corrected chi connectivity index (χ1v) is 13.2. The second-order valence-corrected chi connectivity index (χ2v) is 11.2. The molecule has 3 saturated carbocycles. The average molecular weight is 503 g/mol. The van der Waals surface area contributed by atoms with Crippen LogP contribution in [0.5, 0.6) is 0 Å². The van der Waals surface area contributed by atoms with Gasteiger partial charge in [0.15, 0.2) is 18.0 Å². The van der Waals surface area contributed by atoms with Gasteiger partial charge in [0.2, 0.25) is 5.78 Å². The normalized spacial score (nSPS) is 38.8. The fourth-order valence-electron chi connectivity index (χ4n) is 7.82. The second kappa shape index (κ2) is 9.77. The van der Waals surface area contributed by atoms with Gasteiger partial charge in [-0.1, -0.05) is 32.4 Å². The first kappa shape index (κ1) is 26.6. The van der Waals surface area contributed by atoms with E-state index < -0.39 is 47.0 Å². The van der Waals surface area contributed by atoms with Gasteiger partial charge in [-0.3, -0.25) is 14.4 Å². The summed E-state index contributed by atoms with van der Waals surface area (Å²) in [4.78, 5) is 50.4. The Morgan fingerprint density at radius 3 is 2.58 bits per heavy atom. The van der Waals surface area contributed by atoms with Crippen molar-refractivity contribution in [2.75, 3.05) is 13.2 Å². The van der Waals surface area contributed by atoms with Crippen molar-refractivity contribution in [2.45, 2.75) is 84.3 Å². The Morgan fingerprint density at radius 1 is 1.14 bits per heavy atom. The fourth-order valence-corrected chi connectivity index (χ4v) is 7.82. The molecule has 198 valence electrons. The lowest BCUT2D eigenvalue weighted by molar-refractivity contribution is -0.185. The van der Waals surface area contributed by atoms with Gasteiger partial charge in [0.25, 0.3) is 0 Å². The maximum atomic E-state index is 13.7. The highest BCUT2D eigenvalue weighted by molar-refractivity contribution is 6.01. The topological polar surface area (TPSA) is 116 Å². The molecule has 36 heavy (non-hydrogen) atoms. The molecule has 0 amide bonds. The molecule has 4 aliphatic rings. The van der Waals surface area contributed by atoms with Crippen LogP contribution in [-0.4, -0.2) is 53.7 Å². The molecule has 1 unspecified atom stereocenters. The number of ether oxygens (including phenoxy) is 3. The van der Waals surface area contributed by atoms with Crippen LogP contribution in [0, 0.1) is 28.6 Å². The zero-order chi connectivity index (χ0) is 26.3. The number of fused-ring (bicyclic) bond motifs is 5. The molecule has 8 heteroatoms. The van der Waals surface area contributed by atoms with Gasteiger partial charge >= 0.3 is 12.1 Å². The molecule has 0 aliphatic heterocycles. The molecule has 0 saturated heterocycles. The van der Waals surface area contributed by atoms with Gasteiger partial charge in [-0.25, -0.2) is 4.79 Å². The van der Waals surface area contributed by atoms with Gasteiger partial charge in [0, 0.05) is 23.2 Å². The lowest BCUT2D eigenvalue weighted by Crippen LogP contribution is -2.63. The number of carbonyl (C=O) groups excluding carboxylic acids is 4. The minimum atomic E-state index is -1.56. The second-order valence-electron chi connectivity index (χ2n) is 11.2. The van der Waals surface area contributed by atoms with Crippen LogP contribution in [0.25, 0.3) is 0 Å². The van der Waals surface area contributed by atoms with Crippen molar-refractivity contribution in [3.63, 3.8) is 0 Å². The van der Waals surface area contributed by atoms with E-state index in [-0.39, 0.29) is 49.4 Å². The molecular weight excluding hydrogens is 464 g/mol. The van der Waals surface area contributed by atoms with Crippen LogP contribution >= 0.6 is 0 Å². The molecule has 4 aliphatic carbocycles. The molecule has 7 atom stereocenters. The third-order valence-corrected chi connectivity index (χ3v) is 9.40. The van der Waals surface area contributed by atoms with Gasteiger partial charge in [0.05, 0.1) is 12.7 Å². The Labute approximate surface area is 212 Å². The zero-order valence-electron chi connectivity index (χ0n) is 21.7. The molecule has 0 aromatic rings. The summed E-state index contributed by atoms with van der Waals surface area (Å²) < 4.78 is 16.2. The molecule has 0 aromatic carbocycles. The molecule has 8 nitrogen and oxygen atoms in total. The minimum Gasteiger partial charge on any atom is -0.457 e. The number of carbonyl (C=O) groups is 4. The Bertz CT molecular complexity index is 998. The third-order valence-electron chi connectivity index (χ3n) is 9.40. The number of ketones is 2. The highest BCUT2D eigenvalue weighted by Gasteiger charge is 2.70. The predicted octanol–water partition coefficient (Wildman–Crippen LogP) is 4.09. The molecule has 4 rings (SSSR count). The summed E-state index contributed by atoms with van der Waals surface area (Å²) in [7, 11) is 0. The van der Waals surface area contributed by atoms with E-state index in [9.17, 15) is 24.3 Å². The van der Waals surface area contributed by atoms with Crippen molar-refractivity contribution in [3.05, 3.63) is 23.8 Å². The third kappa shape index (κ3) is 4.11. The van der Waals surface area contributed by atoms with Crippen molar-refractivity contribution in [2.24, 2.45) is 28.6 Å². The van der Waals surface area contributed by atoms with E-state index in [1.165, 1.54) is 0 Å². The monoisotopic (exact) mass is 502 g/mol. The summed E-state index contributed by atoms with van der Waals surface area (Å²) in [6.07, 6.45) is 6.99. The molecule has 0 bridgehead atoms. The standard InChI is InChI=1S/C28H38O8/c1-5-7-23(32)35-16-22(31)28(36-25(33)34-6-2)13-11-20-19-9-8-17-14-18(29)10-12-26(17,3)24(19)21(30)15-27(20,28)4/h10,12,14,19-21,24,30H,5-9,11,13,15-16H2,1-4H3/t19-,20-,21?,24+,26-,27-,28-/m0/s1. The summed E-state index contributed by atoms with van der Waals surface area (Å²) in [6, 6.07) is 0. The number of aliphatic hydroxyl groups is 1. The Morgan fingerprint density at radius 2 is 1.89 bits per heavy atom. The van der Waals surface area contributed by atoms with Crippen LogP contribution in [-0.2, 0) is 28.6 Å². The maximum absolute atomic E-state index is 13.7. The minimum absolute atomic E-state index is 0.0000212. The van der Waals surface area contributed by atoms with Gasteiger partial charge < -0.3 is 19.3 Å². The van der Waals surface area contributed by atoms with Gasteiger partial charge in [-0.2, -0.15) is 0 Å². The SMILES string of the molecule is CCCC(=O)OCC(=O)[C@@]1(OC(=O)OCC)CC[C@H]2[C@@H]3CCC4=CC(=O)C=C[C@]4(C)[C@H]3C(O)C[C@@]21C. The Balaban J connectivity index is 1.68. The molecule has 3 fully saturated rings. The van der Waals surface area contributed by atoms with E-state index >= 15 is 0 Å². The van der Waals surface area contributed by atoms with Gasteiger partial charge in [-0.05, 0) is 69.4 Å². The number of rotatable bonds is 7. The highest BCUT2D eigenvalue weighted by atomic mass is 16.7. The number of hydrogen-bond donors (Lipinski definition) is 1. The number of hydrogen-bond acceptors (Lipinski definition) is 8. The first-order valence-electron chi connectivity index (χ1n) is 13.2. The Kier molecular flexibility index (Phi) is 7.21. The van der Waals surface area contributed by atoms with E-state index in [1.54, 1.807) is 19.1 Å². The number of esters is 1. The van der Waals surface area contributed by atoms with Crippen LogP contribution in [0.4, 0.5) is 4.79 Å². The largest absolute Gasteiger partial charge is 0.509 e. The molecular formula is C28H38O8. The van der Waals surface area contributed by atoms with Crippen molar-refractivity contribution in [3.8, 4) is 0 Å². The van der Waals surface area contributed by atoms with E-state index in [0.29, 0.717) is 12.8 Å². The van der Waals surface area contributed by atoms with Crippen LogP contribution in [0.3, 0.4) is 0 Å². The molecule has 0 heterocycles. The van der Waals surface area contributed by atoms with E-state index in [0.717, 1.165) is 18.4 Å². The lowest BCUT2D eigenvalue weighted by Gasteiger charge is -2.59. The molecule has 0 spiro atoms. The molecule has 0 radical (unpaired) electrons. The fraction of sp³-hybridized carbons (Fsp3) is 0.714. The van der Waals surface area contributed by atoms with E-state index in [4.69, 9.17) is 14.2 Å². The number of Topliss-reactive ketones (excluding diaryl/α,β-unsaturated/α-hetero) is 1. The summed E-state index contributed by atoms with van der Waals surface area (Å²) in [5, 5.41) is 11.6. The maximum Gasteiger partial charge on any atom is 0.509 e. The number of aliphatic hydroxyl groups excluding tert-OH is 1. The first-order chi connectivity index (χ1) is 17.0. The average Bonchev–Trinajstić information content (AvgIpc) is 3.10. The van der Waals surface area contributed by atoms with Crippen molar-refractivity contribution >= 4 is 23.7 Å². The van der Waals surface area contributed by atoms with Crippen LogP contribution in [0.2, 0.25) is 0 Å². The predicted molar refractivity (Wildman–Crippen MR) is 130 cm³/mol. The summed E-state index contributed by atoms with van der Waals surface area (Å²) in [5.74, 6) is -1.01. The van der Waals surface area contributed by atoms with Gasteiger partial charge in [-0.15, -0.1) is 0 Å². The quantitative estimate of drug-likeness (QED) is 0.518. The lowest BCUT2D eigenvalue weighted by atomic mass is 9.46. The van der Waals surface area contributed by atoms with Crippen LogP contribution in [0.15, 0.2) is 23.8 Å². The van der Waals surface area contributed by atoms with Crippen molar-refractivity contribution in [1.29, 1.82) is 0 Å². The number of allylic oxidation sites excluding steroid dienone is 4.